The summed E-state index contributed by atoms with van der Waals surface area (Å²) >= 11 is 0. The Balaban J connectivity index is 5.57. The molecule has 122 valence electrons. The Labute approximate surface area is 116 Å². The van der Waals surface area contributed by atoms with E-state index in [1.165, 1.54) is 6.92 Å². The molecule has 0 bridgehead atoms. The molecule has 0 aliphatic heterocycles. The average molecular weight is 339 g/mol. The number of alkyl halides is 5. The number of carbonyl (C=O) groups is 1. The quantitative estimate of drug-likeness (QED) is 0.272. The van der Waals surface area contributed by atoms with Crippen molar-refractivity contribution in [1.82, 2.24) is 0 Å². The topological polar surface area (TPSA) is 93.0 Å². The van der Waals surface area contributed by atoms with Crippen LogP contribution < -0.4 is 0 Å². The van der Waals surface area contributed by atoms with Gasteiger partial charge in [-0.3, -0.25) is 9.55 Å². The van der Waals surface area contributed by atoms with Crippen LogP contribution in [0.25, 0.3) is 0 Å². The van der Waals surface area contributed by atoms with Crippen molar-refractivity contribution < 1.29 is 44.5 Å². The van der Waals surface area contributed by atoms with Crippen LogP contribution in [-0.2, 0) is 19.6 Å². The summed E-state index contributed by atoms with van der Waals surface area (Å²) in [7, 11) is -6.45. The van der Waals surface area contributed by atoms with Crippen molar-refractivity contribution in [3.8, 4) is 0 Å². The van der Waals surface area contributed by atoms with Gasteiger partial charge in [-0.15, -0.1) is 0 Å². The molecule has 0 saturated heterocycles. The molecule has 0 saturated carbocycles. The van der Waals surface area contributed by atoms with Gasteiger partial charge < -0.3 is 4.74 Å². The maximum absolute atomic E-state index is 13.1. The molecule has 0 rings (SSSR count). The predicted molar refractivity (Wildman–Crippen MR) is 60.4 cm³/mol. The fraction of sp³-hybridized carbons (Fsp3) is 0.556. The molecule has 0 aromatic heterocycles. The molecule has 1 N–H and O–H groups in total. The van der Waals surface area contributed by atoms with Crippen LogP contribution in [0, 0.1) is 0 Å². The molecule has 1 unspecified atom stereocenters. The van der Waals surface area contributed by atoms with E-state index < -0.39 is 39.2 Å². The summed E-state index contributed by atoms with van der Waals surface area (Å²) in [5.41, 5.74) is -0.589. The van der Waals surface area contributed by atoms with E-state index in [4.69, 9.17) is 4.55 Å². The van der Waals surface area contributed by atoms with Crippen molar-refractivity contribution >= 4 is 22.3 Å². The number of aliphatic imine (C=N–C) groups is 1. The van der Waals surface area contributed by atoms with Crippen molar-refractivity contribution in [3.63, 3.8) is 0 Å². The first kappa shape index (κ1) is 19.4. The summed E-state index contributed by atoms with van der Waals surface area (Å²) in [6.07, 6.45) is -8.42. The molecular weight excluding hydrogens is 329 g/mol. The first-order valence-corrected chi connectivity index (χ1v) is 6.46. The lowest BCUT2D eigenvalue weighted by molar-refractivity contribution is -0.257. The standard InChI is InChI=1S/C9H10F5NO5S/c1-3-15-4-5(2)6(16)20-7(8(10,11)12)9(13,14)21(17,18)19/h3-4,7H,1-2H3,(H,17,18,19)/b5-4+,15-3-. The molecule has 1 atom stereocenters. The molecular formula is C9H10F5NO5S. The van der Waals surface area contributed by atoms with E-state index in [0.717, 1.165) is 19.3 Å². The monoisotopic (exact) mass is 339 g/mol. The lowest BCUT2D eigenvalue weighted by Crippen LogP contribution is -2.52. The molecule has 0 aliphatic rings. The smallest absolute Gasteiger partial charge is 0.432 e. The Kier molecular flexibility index (Phi) is 5.99. The lowest BCUT2D eigenvalue weighted by Gasteiger charge is -2.26. The third-order valence-electron chi connectivity index (χ3n) is 1.91. The number of rotatable bonds is 5. The van der Waals surface area contributed by atoms with Gasteiger partial charge in [-0.2, -0.15) is 30.4 Å². The highest BCUT2D eigenvalue weighted by Gasteiger charge is 2.66. The third-order valence-corrected chi connectivity index (χ3v) is 2.81. The van der Waals surface area contributed by atoms with Crippen LogP contribution in [0.1, 0.15) is 13.8 Å². The van der Waals surface area contributed by atoms with Crippen LogP contribution in [0.5, 0.6) is 0 Å². The van der Waals surface area contributed by atoms with Crippen molar-refractivity contribution in [3.05, 3.63) is 11.8 Å². The Hall–Kier alpha value is -1.56. The largest absolute Gasteiger partial charge is 0.441 e. The number of hydrogen-bond donors (Lipinski definition) is 1. The van der Waals surface area contributed by atoms with Gasteiger partial charge in [-0.1, -0.05) is 0 Å². The van der Waals surface area contributed by atoms with Crippen LogP contribution in [-0.4, -0.2) is 42.7 Å². The maximum Gasteiger partial charge on any atom is 0.432 e. The second kappa shape index (κ2) is 6.47. The number of ether oxygens (including phenoxy) is 1. The zero-order valence-electron chi connectivity index (χ0n) is 10.6. The number of hydrogen-bond acceptors (Lipinski definition) is 5. The van der Waals surface area contributed by atoms with E-state index >= 15 is 0 Å². The van der Waals surface area contributed by atoms with E-state index in [-0.39, 0.29) is 0 Å². The minimum atomic E-state index is -6.45. The highest BCUT2D eigenvalue weighted by molar-refractivity contribution is 7.86. The number of carbonyl (C=O) groups excluding carboxylic acids is 1. The second-order valence-corrected chi connectivity index (χ2v) is 5.08. The zero-order valence-corrected chi connectivity index (χ0v) is 11.4. The molecule has 6 nitrogen and oxygen atoms in total. The lowest BCUT2D eigenvalue weighted by atomic mass is 10.3. The Morgan fingerprint density at radius 1 is 1.29 bits per heavy atom. The molecule has 12 heteroatoms. The molecule has 0 spiro atoms. The van der Waals surface area contributed by atoms with Gasteiger partial charge in [0, 0.05) is 12.4 Å². The molecule has 0 aromatic carbocycles. The van der Waals surface area contributed by atoms with E-state index in [1.807, 2.05) is 0 Å². The Morgan fingerprint density at radius 3 is 2.10 bits per heavy atom. The first-order valence-electron chi connectivity index (χ1n) is 5.02. The van der Waals surface area contributed by atoms with E-state index in [2.05, 4.69) is 9.73 Å². The number of halogens is 5. The number of nitrogens with zero attached hydrogens (tertiary/aromatic N) is 1. The Morgan fingerprint density at radius 2 is 1.76 bits per heavy atom. The summed E-state index contributed by atoms with van der Waals surface area (Å²) in [5.74, 6) is -1.87. The molecule has 0 aromatic rings. The molecule has 0 amide bonds. The Bertz CT molecular complexity index is 551. The fourth-order valence-electron chi connectivity index (χ4n) is 0.900. The summed E-state index contributed by atoms with van der Waals surface area (Å²) in [5, 5.41) is -5.75. The van der Waals surface area contributed by atoms with Gasteiger partial charge in [-0.05, 0) is 13.8 Å². The number of esters is 1. The van der Waals surface area contributed by atoms with E-state index in [1.54, 1.807) is 0 Å². The van der Waals surface area contributed by atoms with Gasteiger partial charge in [0.1, 0.15) is 0 Å². The van der Waals surface area contributed by atoms with Crippen LogP contribution in [0.4, 0.5) is 22.0 Å². The molecule has 0 aliphatic carbocycles. The third kappa shape index (κ3) is 5.04. The normalized spacial score (nSPS) is 16.1. The van der Waals surface area contributed by atoms with Gasteiger partial charge in [-0.25, -0.2) is 4.79 Å². The highest BCUT2D eigenvalue weighted by Crippen LogP contribution is 2.38. The van der Waals surface area contributed by atoms with Gasteiger partial charge in [0.05, 0.1) is 5.57 Å². The summed E-state index contributed by atoms with van der Waals surface area (Å²) in [4.78, 5) is 14.6. The van der Waals surface area contributed by atoms with Crippen LogP contribution in [0.2, 0.25) is 0 Å². The van der Waals surface area contributed by atoms with Crippen molar-refractivity contribution in [1.29, 1.82) is 0 Å². The average Bonchev–Trinajstić information content (AvgIpc) is 2.29. The minimum absolute atomic E-state index is 0.589. The SMILES string of the molecule is C/C=N\C=C(/C)C(=O)OC(C(F)(F)F)C(F)(F)S(=O)(=O)O. The predicted octanol–water partition coefficient (Wildman–Crippen LogP) is 1.94. The molecule has 0 heterocycles. The first-order chi connectivity index (χ1) is 9.25. The van der Waals surface area contributed by atoms with Crippen molar-refractivity contribution in [2.75, 3.05) is 0 Å². The van der Waals surface area contributed by atoms with E-state index in [9.17, 15) is 35.2 Å². The maximum atomic E-state index is 13.1. The van der Waals surface area contributed by atoms with Crippen LogP contribution >= 0.6 is 0 Å². The minimum Gasteiger partial charge on any atom is -0.441 e. The van der Waals surface area contributed by atoms with Gasteiger partial charge in [0.2, 0.25) is 0 Å². The summed E-state index contributed by atoms with van der Waals surface area (Å²) in [6, 6.07) is 0. The van der Waals surface area contributed by atoms with Crippen LogP contribution in [0.3, 0.4) is 0 Å². The second-order valence-electron chi connectivity index (χ2n) is 3.58. The van der Waals surface area contributed by atoms with Gasteiger partial charge >= 0.3 is 27.5 Å². The molecule has 0 radical (unpaired) electrons. The molecule has 0 fully saturated rings. The zero-order chi connectivity index (χ0) is 17.1. The van der Waals surface area contributed by atoms with Crippen LogP contribution in [0.15, 0.2) is 16.8 Å². The molecule has 21 heavy (non-hydrogen) atoms. The van der Waals surface area contributed by atoms with Crippen molar-refractivity contribution in [2.45, 2.75) is 31.4 Å². The van der Waals surface area contributed by atoms with E-state index in [0.29, 0.717) is 0 Å². The summed E-state index contributed by atoms with van der Waals surface area (Å²) in [6.45, 7) is 2.31. The van der Waals surface area contributed by atoms with Gasteiger partial charge in [0.25, 0.3) is 6.10 Å². The highest BCUT2D eigenvalue weighted by atomic mass is 32.2. The van der Waals surface area contributed by atoms with Crippen molar-refractivity contribution in [2.24, 2.45) is 4.99 Å². The fourth-order valence-corrected chi connectivity index (χ4v) is 1.35. The summed E-state index contributed by atoms with van der Waals surface area (Å²) < 4.78 is 95.8. The van der Waals surface area contributed by atoms with Gasteiger partial charge in [0.15, 0.2) is 0 Å².